The summed E-state index contributed by atoms with van der Waals surface area (Å²) in [7, 11) is -3.30. The Morgan fingerprint density at radius 3 is 2.58 bits per heavy atom. The van der Waals surface area contributed by atoms with E-state index in [-0.39, 0.29) is 6.04 Å². The Morgan fingerprint density at radius 1 is 1.42 bits per heavy atom. The first-order chi connectivity index (χ1) is 8.90. The summed E-state index contributed by atoms with van der Waals surface area (Å²) in [4.78, 5) is 1.18. The molecule has 0 aliphatic carbocycles. The smallest absolute Gasteiger partial charge is 0.413 e. The average molecular weight is 303 g/mol. The fourth-order valence-corrected chi connectivity index (χ4v) is 3.75. The molecule has 0 aliphatic heterocycles. The lowest BCUT2D eigenvalue weighted by Crippen LogP contribution is -2.23. The van der Waals surface area contributed by atoms with Crippen molar-refractivity contribution in [3.05, 3.63) is 23.8 Å². The molecule has 0 unspecified atom stereocenters. The Morgan fingerprint density at radius 2 is 2.11 bits per heavy atom. The summed E-state index contributed by atoms with van der Waals surface area (Å²) in [6.07, 6.45) is 2.02. The van der Waals surface area contributed by atoms with Crippen molar-refractivity contribution in [2.24, 2.45) is 0 Å². The third-order valence-electron chi connectivity index (χ3n) is 2.31. The van der Waals surface area contributed by atoms with Gasteiger partial charge in [0.15, 0.2) is 0 Å². The van der Waals surface area contributed by atoms with Crippen molar-refractivity contribution >= 4 is 19.5 Å². The maximum absolute atomic E-state index is 12.5. The Kier molecular flexibility index (Phi) is 6.40. The molecular weight excluding hydrogens is 281 g/mol. The molecule has 1 atom stereocenters. The van der Waals surface area contributed by atoms with E-state index in [1.807, 2.05) is 45.2 Å². The predicted octanol–water partition coefficient (Wildman–Crippen LogP) is 4.24. The molecule has 4 nitrogen and oxygen atoms in total. The molecule has 6 heteroatoms. The lowest BCUT2D eigenvalue weighted by atomic mass is 10.2. The molecule has 0 aromatic heterocycles. The van der Waals surface area contributed by atoms with Crippen LogP contribution in [0.15, 0.2) is 23.1 Å². The second kappa shape index (κ2) is 7.34. The van der Waals surface area contributed by atoms with E-state index in [1.165, 1.54) is 4.90 Å². The molecule has 1 rings (SSSR count). The third kappa shape index (κ3) is 5.19. The lowest BCUT2D eigenvalue weighted by molar-refractivity contribution is 0.265. The van der Waals surface area contributed by atoms with E-state index in [4.69, 9.17) is 9.05 Å². The number of rotatable bonds is 7. The van der Waals surface area contributed by atoms with Crippen LogP contribution in [0.2, 0.25) is 0 Å². The fraction of sp³-hybridized carbons (Fsp3) is 0.538. The van der Waals surface area contributed by atoms with Crippen molar-refractivity contribution in [1.82, 2.24) is 5.09 Å². The van der Waals surface area contributed by atoms with Gasteiger partial charge in [-0.15, -0.1) is 11.8 Å². The summed E-state index contributed by atoms with van der Waals surface area (Å²) in [5.41, 5.74) is 1.09. The average Bonchev–Trinajstić information content (AvgIpc) is 2.27. The van der Waals surface area contributed by atoms with Crippen molar-refractivity contribution in [1.29, 1.82) is 0 Å². The van der Waals surface area contributed by atoms with Crippen molar-refractivity contribution in [2.45, 2.75) is 38.6 Å². The number of benzene rings is 1. The summed E-state index contributed by atoms with van der Waals surface area (Å²) in [5, 5.41) is 2.86. The van der Waals surface area contributed by atoms with Crippen LogP contribution < -0.4 is 9.61 Å². The van der Waals surface area contributed by atoms with Crippen LogP contribution in [-0.4, -0.2) is 18.9 Å². The van der Waals surface area contributed by atoms with Gasteiger partial charge >= 0.3 is 7.75 Å². The SMILES string of the molecule is CCO[P@@](=O)(NC(C)C)Oc1ccc(SC)c(C)c1. The van der Waals surface area contributed by atoms with Gasteiger partial charge in [-0.05, 0) is 57.7 Å². The summed E-state index contributed by atoms with van der Waals surface area (Å²) in [6, 6.07) is 5.66. The van der Waals surface area contributed by atoms with Crippen LogP contribution in [-0.2, 0) is 9.09 Å². The molecular formula is C13H22NO3PS. The molecule has 0 spiro atoms. The van der Waals surface area contributed by atoms with Gasteiger partial charge in [0.1, 0.15) is 5.75 Å². The molecule has 1 aromatic carbocycles. The summed E-state index contributed by atoms with van der Waals surface area (Å²) >= 11 is 1.67. The van der Waals surface area contributed by atoms with Gasteiger partial charge in [0.2, 0.25) is 0 Å². The highest BCUT2D eigenvalue weighted by atomic mass is 32.2. The Labute approximate surface area is 119 Å². The number of thioether (sulfide) groups is 1. The van der Waals surface area contributed by atoms with E-state index < -0.39 is 7.75 Å². The summed E-state index contributed by atoms with van der Waals surface area (Å²) in [6.45, 7) is 7.92. The van der Waals surface area contributed by atoms with Gasteiger partial charge in [0.05, 0.1) is 6.61 Å². The first-order valence-electron chi connectivity index (χ1n) is 6.27. The standard InChI is InChI=1S/C13H22NO3PS/c1-6-16-18(15,14-10(2)3)17-12-7-8-13(19-5)11(4)9-12/h7-10H,6H2,1-5H3,(H,14,15)/t18-/m0/s1. The van der Waals surface area contributed by atoms with Gasteiger partial charge in [0.25, 0.3) is 0 Å². The van der Waals surface area contributed by atoms with Gasteiger partial charge < -0.3 is 4.52 Å². The van der Waals surface area contributed by atoms with E-state index in [0.717, 1.165) is 5.56 Å². The normalized spacial score (nSPS) is 14.4. The number of hydrogen-bond acceptors (Lipinski definition) is 4. The molecule has 0 bridgehead atoms. The van der Waals surface area contributed by atoms with Gasteiger partial charge in [-0.1, -0.05) is 0 Å². The van der Waals surface area contributed by atoms with Crippen molar-refractivity contribution in [3.63, 3.8) is 0 Å². The second-order valence-electron chi connectivity index (χ2n) is 4.42. The molecule has 1 aromatic rings. The number of nitrogens with one attached hydrogen (secondary N) is 1. The first kappa shape index (κ1) is 16.6. The zero-order valence-corrected chi connectivity index (χ0v) is 13.8. The maximum atomic E-state index is 12.5. The van der Waals surface area contributed by atoms with Crippen LogP contribution in [0.1, 0.15) is 26.3 Å². The van der Waals surface area contributed by atoms with Crippen LogP contribution in [0.4, 0.5) is 0 Å². The van der Waals surface area contributed by atoms with Crippen LogP contribution in [0.3, 0.4) is 0 Å². The molecule has 0 heterocycles. The molecule has 0 amide bonds. The van der Waals surface area contributed by atoms with Gasteiger partial charge in [-0.25, -0.2) is 9.65 Å². The van der Waals surface area contributed by atoms with E-state index in [2.05, 4.69) is 5.09 Å². The molecule has 1 N–H and O–H groups in total. The topological polar surface area (TPSA) is 47.6 Å². The Hall–Kier alpha value is -0.480. The highest BCUT2D eigenvalue weighted by Crippen LogP contribution is 2.45. The van der Waals surface area contributed by atoms with E-state index in [1.54, 1.807) is 18.7 Å². The minimum atomic E-state index is -3.30. The summed E-state index contributed by atoms with van der Waals surface area (Å²) < 4.78 is 23.3. The number of aryl methyl sites for hydroxylation is 1. The van der Waals surface area contributed by atoms with Crippen LogP contribution in [0, 0.1) is 6.92 Å². The molecule has 19 heavy (non-hydrogen) atoms. The van der Waals surface area contributed by atoms with E-state index >= 15 is 0 Å². The van der Waals surface area contributed by atoms with Crippen molar-refractivity contribution in [3.8, 4) is 5.75 Å². The minimum Gasteiger partial charge on any atom is -0.413 e. The highest BCUT2D eigenvalue weighted by Gasteiger charge is 2.26. The van der Waals surface area contributed by atoms with Gasteiger partial charge in [-0.3, -0.25) is 4.52 Å². The van der Waals surface area contributed by atoms with E-state index in [9.17, 15) is 4.57 Å². The zero-order chi connectivity index (χ0) is 14.5. The molecule has 108 valence electrons. The molecule has 0 fully saturated rings. The predicted molar refractivity (Wildman–Crippen MR) is 81.1 cm³/mol. The minimum absolute atomic E-state index is 0.0175. The van der Waals surface area contributed by atoms with Crippen molar-refractivity contribution < 1.29 is 13.6 Å². The van der Waals surface area contributed by atoms with Crippen LogP contribution in [0.5, 0.6) is 5.75 Å². The summed E-state index contributed by atoms with van der Waals surface area (Å²) in [5.74, 6) is 0.556. The molecule has 0 radical (unpaired) electrons. The molecule has 0 saturated heterocycles. The number of hydrogen-bond donors (Lipinski definition) is 1. The van der Waals surface area contributed by atoms with Gasteiger partial charge in [-0.2, -0.15) is 0 Å². The molecule has 0 saturated carbocycles. The maximum Gasteiger partial charge on any atom is 0.458 e. The monoisotopic (exact) mass is 303 g/mol. The Balaban J connectivity index is 2.90. The second-order valence-corrected chi connectivity index (χ2v) is 6.96. The van der Waals surface area contributed by atoms with Crippen LogP contribution >= 0.6 is 19.5 Å². The van der Waals surface area contributed by atoms with E-state index in [0.29, 0.717) is 12.4 Å². The first-order valence-corrected chi connectivity index (χ1v) is 9.03. The third-order valence-corrected chi connectivity index (χ3v) is 5.09. The highest BCUT2D eigenvalue weighted by molar-refractivity contribution is 7.98. The largest absolute Gasteiger partial charge is 0.458 e. The van der Waals surface area contributed by atoms with Gasteiger partial charge in [0, 0.05) is 10.9 Å². The zero-order valence-electron chi connectivity index (χ0n) is 12.1. The molecule has 0 aliphatic rings. The quantitative estimate of drug-likeness (QED) is 0.603. The fourth-order valence-electron chi connectivity index (χ4n) is 1.62. The lowest BCUT2D eigenvalue weighted by Gasteiger charge is -2.21. The van der Waals surface area contributed by atoms with Crippen LogP contribution in [0.25, 0.3) is 0 Å². The Bertz CT molecular complexity index is 465. The van der Waals surface area contributed by atoms with Crippen molar-refractivity contribution in [2.75, 3.05) is 12.9 Å².